The van der Waals surface area contributed by atoms with E-state index in [2.05, 4.69) is 16.8 Å². The topological polar surface area (TPSA) is 15.3 Å². The highest BCUT2D eigenvalue weighted by Crippen LogP contribution is 2.32. The van der Waals surface area contributed by atoms with Gasteiger partial charge >= 0.3 is 6.18 Å². The second kappa shape index (κ2) is 6.62. The van der Waals surface area contributed by atoms with Crippen molar-refractivity contribution in [3.63, 3.8) is 0 Å². The van der Waals surface area contributed by atoms with Crippen molar-refractivity contribution in [1.29, 1.82) is 0 Å². The van der Waals surface area contributed by atoms with E-state index in [-0.39, 0.29) is 6.04 Å². The van der Waals surface area contributed by atoms with Crippen LogP contribution in [0.2, 0.25) is 0 Å². The molecule has 2 rings (SSSR count). The van der Waals surface area contributed by atoms with Gasteiger partial charge in [-0.05, 0) is 31.5 Å². The second-order valence-corrected chi connectivity index (χ2v) is 5.66. The minimum Gasteiger partial charge on any atom is -0.315 e. The number of rotatable bonds is 5. The van der Waals surface area contributed by atoms with Gasteiger partial charge in [-0.1, -0.05) is 30.4 Å². The Balaban J connectivity index is 2.22. The molecule has 1 aliphatic rings. The molecular formula is C16H21F3N2. The summed E-state index contributed by atoms with van der Waals surface area (Å²) in [6, 6.07) is 6.09. The zero-order valence-electron chi connectivity index (χ0n) is 12.2. The number of hydrogen-bond acceptors (Lipinski definition) is 2. The molecule has 1 heterocycles. The first-order valence-corrected chi connectivity index (χ1v) is 7.12. The van der Waals surface area contributed by atoms with E-state index in [0.717, 1.165) is 31.1 Å². The summed E-state index contributed by atoms with van der Waals surface area (Å²) in [5, 5.41) is 3.26. The lowest BCUT2D eigenvalue weighted by molar-refractivity contribution is -0.138. The van der Waals surface area contributed by atoms with Crippen molar-refractivity contribution in [3.8, 4) is 0 Å². The van der Waals surface area contributed by atoms with Crippen LogP contribution in [0.1, 0.15) is 24.5 Å². The summed E-state index contributed by atoms with van der Waals surface area (Å²) in [7, 11) is 0. The maximum absolute atomic E-state index is 13.1. The molecule has 1 N–H and O–H groups in total. The molecule has 1 atom stereocenters. The Kier molecular flexibility index (Phi) is 5.06. The Morgan fingerprint density at radius 1 is 1.38 bits per heavy atom. The Hall–Kier alpha value is -1.33. The summed E-state index contributed by atoms with van der Waals surface area (Å²) < 4.78 is 39.3. The Labute approximate surface area is 123 Å². The van der Waals surface area contributed by atoms with E-state index in [0.29, 0.717) is 18.7 Å². The SMILES string of the molecule is C=C(C)CN(Cc1ccccc1C(F)(F)F)[C@H]1CCNC1. The van der Waals surface area contributed by atoms with Gasteiger partial charge in [-0.2, -0.15) is 13.2 Å². The van der Waals surface area contributed by atoms with Crippen molar-refractivity contribution in [2.45, 2.75) is 32.1 Å². The van der Waals surface area contributed by atoms with Gasteiger partial charge < -0.3 is 5.32 Å². The highest BCUT2D eigenvalue weighted by Gasteiger charge is 2.34. The quantitative estimate of drug-likeness (QED) is 0.838. The van der Waals surface area contributed by atoms with E-state index in [1.165, 1.54) is 6.07 Å². The van der Waals surface area contributed by atoms with Gasteiger partial charge in [0.25, 0.3) is 0 Å². The molecule has 0 aliphatic carbocycles. The fraction of sp³-hybridized carbons (Fsp3) is 0.500. The van der Waals surface area contributed by atoms with E-state index < -0.39 is 11.7 Å². The second-order valence-electron chi connectivity index (χ2n) is 5.66. The van der Waals surface area contributed by atoms with E-state index in [9.17, 15) is 13.2 Å². The first-order valence-electron chi connectivity index (χ1n) is 7.12. The Morgan fingerprint density at radius 3 is 2.67 bits per heavy atom. The maximum Gasteiger partial charge on any atom is 0.416 e. The van der Waals surface area contributed by atoms with Crippen molar-refractivity contribution < 1.29 is 13.2 Å². The number of nitrogens with zero attached hydrogens (tertiary/aromatic N) is 1. The summed E-state index contributed by atoms with van der Waals surface area (Å²) in [4.78, 5) is 2.09. The largest absolute Gasteiger partial charge is 0.416 e. The number of alkyl halides is 3. The number of nitrogens with one attached hydrogen (secondary N) is 1. The third kappa shape index (κ3) is 4.32. The van der Waals surface area contributed by atoms with Crippen molar-refractivity contribution in [2.75, 3.05) is 19.6 Å². The molecule has 0 bridgehead atoms. The molecule has 2 nitrogen and oxygen atoms in total. The first-order chi connectivity index (χ1) is 9.88. The van der Waals surface area contributed by atoms with Crippen LogP contribution in [0.15, 0.2) is 36.4 Å². The van der Waals surface area contributed by atoms with E-state index in [4.69, 9.17) is 0 Å². The number of halogens is 3. The van der Waals surface area contributed by atoms with Crippen LogP contribution in [-0.2, 0) is 12.7 Å². The minimum atomic E-state index is -4.31. The highest BCUT2D eigenvalue weighted by atomic mass is 19.4. The van der Waals surface area contributed by atoms with Crippen LogP contribution in [0.3, 0.4) is 0 Å². The van der Waals surface area contributed by atoms with Crippen LogP contribution >= 0.6 is 0 Å². The molecule has 1 fully saturated rings. The molecule has 5 heteroatoms. The van der Waals surface area contributed by atoms with Crippen LogP contribution in [0.25, 0.3) is 0 Å². The predicted octanol–water partition coefficient (Wildman–Crippen LogP) is 3.45. The molecule has 0 aromatic heterocycles. The third-order valence-corrected chi connectivity index (χ3v) is 3.72. The fourth-order valence-corrected chi connectivity index (χ4v) is 2.77. The third-order valence-electron chi connectivity index (χ3n) is 3.72. The molecule has 1 saturated heterocycles. The summed E-state index contributed by atoms with van der Waals surface area (Å²) in [6.07, 6.45) is -3.35. The molecule has 21 heavy (non-hydrogen) atoms. The average molecular weight is 298 g/mol. The lowest BCUT2D eigenvalue weighted by atomic mass is 10.0. The van der Waals surface area contributed by atoms with Crippen LogP contribution in [0, 0.1) is 0 Å². The number of benzene rings is 1. The summed E-state index contributed by atoms with van der Waals surface area (Å²) >= 11 is 0. The predicted molar refractivity (Wildman–Crippen MR) is 77.9 cm³/mol. The molecule has 1 aliphatic heterocycles. The van der Waals surface area contributed by atoms with E-state index in [1.54, 1.807) is 12.1 Å². The van der Waals surface area contributed by atoms with Gasteiger partial charge in [0.2, 0.25) is 0 Å². The van der Waals surface area contributed by atoms with Gasteiger partial charge in [-0.3, -0.25) is 4.90 Å². The molecule has 0 saturated carbocycles. The zero-order valence-corrected chi connectivity index (χ0v) is 12.2. The van der Waals surface area contributed by atoms with Crippen molar-refractivity contribution in [1.82, 2.24) is 10.2 Å². The van der Waals surface area contributed by atoms with Crippen molar-refractivity contribution in [2.24, 2.45) is 0 Å². The van der Waals surface area contributed by atoms with Crippen LogP contribution < -0.4 is 5.32 Å². The van der Waals surface area contributed by atoms with Gasteiger partial charge in [0.15, 0.2) is 0 Å². The first kappa shape index (κ1) is 16.0. The smallest absolute Gasteiger partial charge is 0.315 e. The Morgan fingerprint density at radius 2 is 2.10 bits per heavy atom. The standard InChI is InChI=1S/C16H21F3N2/c1-12(2)10-21(14-7-8-20-9-14)11-13-5-3-4-6-15(13)16(17,18)19/h3-6,14,20H,1,7-11H2,2H3/t14-/m0/s1. The molecule has 1 aromatic carbocycles. The average Bonchev–Trinajstić information content (AvgIpc) is 2.90. The summed E-state index contributed by atoms with van der Waals surface area (Å²) in [5.41, 5.74) is 0.757. The van der Waals surface area contributed by atoms with Gasteiger partial charge in [0.05, 0.1) is 5.56 Å². The molecule has 0 spiro atoms. The maximum atomic E-state index is 13.1. The Bertz CT molecular complexity index is 491. The molecule has 1 aromatic rings. The molecule has 116 valence electrons. The van der Waals surface area contributed by atoms with Gasteiger partial charge in [0, 0.05) is 25.7 Å². The molecule has 0 unspecified atom stereocenters. The van der Waals surface area contributed by atoms with Crippen LogP contribution in [0.5, 0.6) is 0 Å². The zero-order chi connectivity index (χ0) is 15.5. The minimum absolute atomic E-state index is 0.267. The van der Waals surface area contributed by atoms with Crippen LogP contribution in [0.4, 0.5) is 13.2 Å². The molecule has 0 radical (unpaired) electrons. The summed E-state index contributed by atoms with van der Waals surface area (Å²) in [6.45, 7) is 8.46. The summed E-state index contributed by atoms with van der Waals surface area (Å²) in [5.74, 6) is 0. The highest BCUT2D eigenvalue weighted by molar-refractivity contribution is 5.29. The van der Waals surface area contributed by atoms with E-state index in [1.807, 2.05) is 6.92 Å². The molecular weight excluding hydrogens is 277 g/mol. The molecule has 0 amide bonds. The van der Waals surface area contributed by atoms with E-state index >= 15 is 0 Å². The number of hydrogen-bond donors (Lipinski definition) is 1. The monoisotopic (exact) mass is 298 g/mol. The van der Waals surface area contributed by atoms with Gasteiger partial charge in [0.1, 0.15) is 0 Å². The normalized spacial score (nSPS) is 19.2. The van der Waals surface area contributed by atoms with Crippen LogP contribution in [-0.4, -0.2) is 30.6 Å². The van der Waals surface area contributed by atoms with Crippen molar-refractivity contribution in [3.05, 3.63) is 47.5 Å². The fourth-order valence-electron chi connectivity index (χ4n) is 2.77. The van der Waals surface area contributed by atoms with Crippen molar-refractivity contribution >= 4 is 0 Å². The van der Waals surface area contributed by atoms with Gasteiger partial charge in [-0.25, -0.2) is 0 Å². The lowest BCUT2D eigenvalue weighted by Crippen LogP contribution is -2.37. The lowest BCUT2D eigenvalue weighted by Gasteiger charge is -2.29. The van der Waals surface area contributed by atoms with Gasteiger partial charge in [-0.15, -0.1) is 0 Å².